The first-order valence-electron chi connectivity index (χ1n) is 9.37. The van der Waals surface area contributed by atoms with Gasteiger partial charge in [-0.1, -0.05) is 12.1 Å². The molecule has 0 heterocycles. The minimum absolute atomic E-state index is 0.377. The molecule has 2 aliphatic rings. The summed E-state index contributed by atoms with van der Waals surface area (Å²) in [7, 11) is 0. The van der Waals surface area contributed by atoms with E-state index in [4.69, 9.17) is 0 Å². The van der Waals surface area contributed by atoms with Crippen LogP contribution in [0.4, 0.5) is 13.2 Å². The zero-order valence-corrected chi connectivity index (χ0v) is 14.2. The summed E-state index contributed by atoms with van der Waals surface area (Å²) in [6.07, 6.45) is 12.7. The van der Waals surface area contributed by atoms with Gasteiger partial charge in [0.15, 0.2) is 11.6 Å². The fraction of sp³-hybridized carbons (Fsp3) is 0.619. The number of allylic oxidation sites excluding steroid dienone is 1. The van der Waals surface area contributed by atoms with E-state index in [1.807, 2.05) is 0 Å². The van der Waals surface area contributed by atoms with E-state index in [1.54, 1.807) is 12.1 Å². The Hall–Kier alpha value is -1.25. The van der Waals surface area contributed by atoms with Crippen LogP contribution in [0.5, 0.6) is 0 Å². The Morgan fingerprint density at radius 1 is 0.833 bits per heavy atom. The molecule has 1 aromatic rings. The van der Waals surface area contributed by atoms with E-state index in [0.717, 1.165) is 36.7 Å². The number of hydrogen-bond acceptors (Lipinski definition) is 0. The van der Waals surface area contributed by atoms with E-state index >= 15 is 0 Å². The fourth-order valence-electron chi connectivity index (χ4n) is 4.83. The topological polar surface area (TPSA) is 0 Å². The van der Waals surface area contributed by atoms with E-state index in [2.05, 4.69) is 0 Å². The second kappa shape index (κ2) is 8.22. The largest absolute Gasteiger partial charge is 0.216 e. The van der Waals surface area contributed by atoms with Crippen LogP contribution in [0.15, 0.2) is 30.6 Å². The third-order valence-corrected chi connectivity index (χ3v) is 6.30. The zero-order chi connectivity index (χ0) is 16.9. The minimum atomic E-state index is -0.758. The van der Waals surface area contributed by atoms with Crippen molar-refractivity contribution in [2.45, 2.75) is 63.7 Å². The van der Waals surface area contributed by atoms with Crippen LogP contribution >= 0.6 is 0 Å². The van der Waals surface area contributed by atoms with E-state index < -0.39 is 11.6 Å². The molecule has 0 aliphatic heterocycles. The Morgan fingerprint density at radius 2 is 1.46 bits per heavy atom. The van der Waals surface area contributed by atoms with Crippen molar-refractivity contribution < 1.29 is 13.2 Å². The van der Waals surface area contributed by atoms with Crippen LogP contribution in [0, 0.1) is 29.4 Å². The first-order chi connectivity index (χ1) is 11.7. The molecule has 3 heteroatoms. The summed E-state index contributed by atoms with van der Waals surface area (Å²) >= 11 is 0. The zero-order valence-electron chi connectivity index (χ0n) is 14.2. The highest BCUT2D eigenvalue weighted by molar-refractivity contribution is 5.22. The summed E-state index contributed by atoms with van der Waals surface area (Å²) in [4.78, 5) is 0. The number of benzene rings is 1. The van der Waals surface area contributed by atoms with Gasteiger partial charge in [0.1, 0.15) is 0 Å². The van der Waals surface area contributed by atoms with Crippen molar-refractivity contribution in [1.29, 1.82) is 0 Å². The van der Waals surface area contributed by atoms with E-state index in [-0.39, 0.29) is 0 Å². The molecule has 0 aromatic heterocycles. The minimum Gasteiger partial charge on any atom is -0.216 e. The average molecular weight is 336 g/mol. The lowest BCUT2D eigenvalue weighted by Gasteiger charge is -2.38. The molecule has 1 aromatic carbocycles. The third-order valence-electron chi connectivity index (χ3n) is 6.30. The number of hydrogen-bond donors (Lipinski definition) is 0. The Balaban J connectivity index is 1.48. The molecule has 24 heavy (non-hydrogen) atoms. The van der Waals surface area contributed by atoms with Crippen LogP contribution in [0.3, 0.4) is 0 Å². The summed E-state index contributed by atoms with van der Waals surface area (Å²) in [5.41, 5.74) is 0.953. The molecule has 0 spiro atoms. The lowest BCUT2D eigenvalue weighted by molar-refractivity contribution is 0.160. The standard InChI is InChI=1S/C21H27F3/c22-13-1-2-15-3-5-16(6-4-15)17-7-9-18(10-8-17)19-11-12-20(23)21(24)14-19/h1,11-18H,2-10H2/b13-1+/t15-,16-,17-,18-. The molecule has 0 saturated heterocycles. The van der Waals surface area contributed by atoms with Gasteiger partial charge in [0.25, 0.3) is 0 Å². The fourth-order valence-corrected chi connectivity index (χ4v) is 4.83. The Bertz CT molecular complexity index is 550. The highest BCUT2D eigenvalue weighted by Gasteiger charge is 2.31. The van der Waals surface area contributed by atoms with Crippen molar-refractivity contribution in [2.75, 3.05) is 0 Å². The quantitative estimate of drug-likeness (QED) is 0.560. The molecule has 0 unspecified atom stereocenters. The normalized spacial score (nSPS) is 31.5. The van der Waals surface area contributed by atoms with Crippen LogP contribution in [0.2, 0.25) is 0 Å². The molecule has 0 bridgehead atoms. The predicted molar refractivity (Wildman–Crippen MR) is 91.4 cm³/mol. The lowest BCUT2D eigenvalue weighted by atomic mass is 9.68. The van der Waals surface area contributed by atoms with Crippen LogP contribution in [0.1, 0.15) is 69.3 Å². The molecule has 0 radical (unpaired) electrons. The highest BCUT2D eigenvalue weighted by Crippen LogP contribution is 2.44. The highest BCUT2D eigenvalue weighted by atomic mass is 19.2. The summed E-state index contributed by atoms with van der Waals surface area (Å²) in [6, 6.07) is 4.38. The van der Waals surface area contributed by atoms with E-state index in [9.17, 15) is 13.2 Å². The van der Waals surface area contributed by atoms with Gasteiger partial charge in [-0.3, -0.25) is 0 Å². The number of rotatable bonds is 4. The smallest absolute Gasteiger partial charge is 0.159 e. The Morgan fingerprint density at radius 3 is 2.04 bits per heavy atom. The molecular weight excluding hydrogens is 309 g/mol. The van der Waals surface area contributed by atoms with Crippen molar-refractivity contribution in [3.05, 3.63) is 47.8 Å². The van der Waals surface area contributed by atoms with Crippen molar-refractivity contribution in [3.8, 4) is 0 Å². The van der Waals surface area contributed by atoms with Gasteiger partial charge in [-0.2, -0.15) is 0 Å². The van der Waals surface area contributed by atoms with Crippen molar-refractivity contribution in [3.63, 3.8) is 0 Å². The molecule has 132 valence electrons. The molecular formula is C21H27F3. The van der Waals surface area contributed by atoms with Crippen molar-refractivity contribution in [1.82, 2.24) is 0 Å². The monoisotopic (exact) mass is 336 g/mol. The summed E-state index contributed by atoms with van der Waals surface area (Å²) in [5.74, 6) is 1.14. The van der Waals surface area contributed by atoms with Gasteiger partial charge < -0.3 is 0 Å². The first kappa shape index (κ1) is 17.6. The molecule has 3 rings (SSSR count). The van der Waals surface area contributed by atoms with Crippen molar-refractivity contribution >= 4 is 0 Å². The Kier molecular flexibility index (Phi) is 6.02. The maximum absolute atomic E-state index is 13.4. The van der Waals surface area contributed by atoms with Crippen molar-refractivity contribution in [2.24, 2.45) is 17.8 Å². The van der Waals surface area contributed by atoms with E-state index in [1.165, 1.54) is 50.7 Å². The molecule has 2 saturated carbocycles. The molecule has 2 fully saturated rings. The first-order valence-corrected chi connectivity index (χ1v) is 9.37. The lowest BCUT2D eigenvalue weighted by Crippen LogP contribution is -2.25. The van der Waals surface area contributed by atoms with Gasteiger partial charge in [-0.05, 0) is 99.2 Å². The van der Waals surface area contributed by atoms with Crippen LogP contribution < -0.4 is 0 Å². The number of halogens is 3. The molecule has 0 amide bonds. The average Bonchev–Trinajstić information content (AvgIpc) is 2.63. The maximum Gasteiger partial charge on any atom is 0.159 e. The molecule has 0 atom stereocenters. The van der Waals surface area contributed by atoms with Crippen LogP contribution in [0.25, 0.3) is 0 Å². The summed E-state index contributed by atoms with van der Waals surface area (Å²) in [6.45, 7) is 0. The van der Waals surface area contributed by atoms with Gasteiger partial charge in [-0.15, -0.1) is 0 Å². The van der Waals surface area contributed by atoms with Gasteiger partial charge in [0.2, 0.25) is 0 Å². The van der Waals surface area contributed by atoms with Crippen LogP contribution in [-0.2, 0) is 0 Å². The van der Waals surface area contributed by atoms with Gasteiger partial charge in [-0.25, -0.2) is 13.2 Å². The Labute approximate surface area is 143 Å². The SMILES string of the molecule is F/C=C/C[C@H]1CC[C@H]([C@H]2CC[C@H](c3ccc(F)c(F)c3)CC2)CC1. The molecule has 0 nitrogen and oxygen atoms in total. The third kappa shape index (κ3) is 4.23. The predicted octanol–water partition coefficient (Wildman–Crippen LogP) is 6.92. The second-order valence-corrected chi connectivity index (χ2v) is 7.66. The summed E-state index contributed by atoms with van der Waals surface area (Å²) < 4.78 is 38.6. The van der Waals surface area contributed by atoms with Gasteiger partial charge in [0.05, 0.1) is 6.33 Å². The van der Waals surface area contributed by atoms with Crippen LogP contribution in [-0.4, -0.2) is 0 Å². The van der Waals surface area contributed by atoms with Gasteiger partial charge >= 0.3 is 0 Å². The molecule has 0 N–H and O–H groups in total. The second-order valence-electron chi connectivity index (χ2n) is 7.66. The summed E-state index contributed by atoms with van der Waals surface area (Å²) in [5, 5.41) is 0. The molecule has 2 aliphatic carbocycles. The van der Waals surface area contributed by atoms with Gasteiger partial charge in [0, 0.05) is 0 Å². The van der Waals surface area contributed by atoms with E-state index in [0.29, 0.717) is 18.2 Å². The maximum atomic E-state index is 13.4.